The lowest BCUT2D eigenvalue weighted by Crippen LogP contribution is -2.44. The molecule has 1 unspecified atom stereocenters. The van der Waals surface area contributed by atoms with E-state index in [-0.39, 0.29) is 24.0 Å². The zero-order valence-electron chi connectivity index (χ0n) is 18.1. The standard InChI is InChI=1S/C21H42N4O2.HI/c1-3-22-21(24-18-19(2)25-13-16-26-17-14-25)23-12-8-5-9-15-27-20-10-6-4-7-11-20;/h19-20H,3-18H2,1-2H3,(H2,22,23,24);1H. The summed E-state index contributed by atoms with van der Waals surface area (Å²) in [5.74, 6) is 0.941. The molecule has 7 heteroatoms. The Morgan fingerprint density at radius 2 is 1.86 bits per heavy atom. The summed E-state index contributed by atoms with van der Waals surface area (Å²) in [6.07, 6.45) is 10.7. The number of hydrogen-bond donors (Lipinski definition) is 2. The minimum absolute atomic E-state index is 0. The fourth-order valence-corrected chi connectivity index (χ4v) is 3.79. The highest BCUT2D eigenvalue weighted by atomic mass is 127. The van der Waals surface area contributed by atoms with Crippen molar-refractivity contribution in [3.8, 4) is 0 Å². The summed E-state index contributed by atoms with van der Waals surface area (Å²) < 4.78 is 11.4. The highest BCUT2D eigenvalue weighted by Crippen LogP contribution is 2.20. The molecule has 1 atom stereocenters. The number of unbranched alkanes of at least 4 members (excludes halogenated alkanes) is 2. The predicted molar refractivity (Wildman–Crippen MR) is 128 cm³/mol. The maximum absolute atomic E-state index is 6.00. The molecule has 1 saturated carbocycles. The van der Waals surface area contributed by atoms with Gasteiger partial charge in [0.1, 0.15) is 0 Å². The van der Waals surface area contributed by atoms with E-state index < -0.39 is 0 Å². The Bertz CT molecular complexity index is 400. The molecule has 1 saturated heterocycles. The van der Waals surface area contributed by atoms with E-state index in [1.807, 2.05) is 0 Å². The zero-order valence-corrected chi connectivity index (χ0v) is 20.4. The van der Waals surface area contributed by atoms with Crippen LogP contribution in [0.3, 0.4) is 0 Å². The second kappa shape index (κ2) is 16.7. The molecule has 0 amide bonds. The molecule has 0 radical (unpaired) electrons. The molecule has 0 aromatic carbocycles. The van der Waals surface area contributed by atoms with Crippen molar-refractivity contribution in [1.82, 2.24) is 15.5 Å². The van der Waals surface area contributed by atoms with E-state index in [1.165, 1.54) is 44.9 Å². The number of guanidine groups is 1. The third kappa shape index (κ3) is 11.2. The van der Waals surface area contributed by atoms with Gasteiger partial charge in [-0.15, -0.1) is 24.0 Å². The SMILES string of the molecule is CCNC(=NCC(C)N1CCOCC1)NCCCCCOC1CCCCC1.I. The van der Waals surface area contributed by atoms with Crippen molar-refractivity contribution in [2.24, 2.45) is 4.99 Å². The molecule has 0 aromatic heterocycles. The number of nitrogens with zero attached hydrogens (tertiary/aromatic N) is 2. The van der Waals surface area contributed by atoms with E-state index in [2.05, 4.69) is 29.4 Å². The van der Waals surface area contributed by atoms with Crippen LogP contribution in [0.1, 0.15) is 65.2 Å². The number of rotatable bonds is 11. The Labute approximate surface area is 189 Å². The molecule has 2 rings (SSSR count). The molecule has 1 aliphatic heterocycles. The van der Waals surface area contributed by atoms with Crippen LogP contribution in [0.25, 0.3) is 0 Å². The highest BCUT2D eigenvalue weighted by molar-refractivity contribution is 14.0. The molecule has 1 heterocycles. The molecule has 2 aliphatic rings. The number of aliphatic imine (C=N–C) groups is 1. The average molecular weight is 511 g/mol. The maximum atomic E-state index is 6.00. The zero-order chi connectivity index (χ0) is 19.2. The Hall–Kier alpha value is -0.120. The van der Waals surface area contributed by atoms with E-state index in [0.717, 1.165) is 64.9 Å². The summed E-state index contributed by atoms with van der Waals surface area (Å²) in [5, 5.41) is 6.83. The molecule has 28 heavy (non-hydrogen) atoms. The molecule has 0 bridgehead atoms. The Morgan fingerprint density at radius 1 is 1.11 bits per heavy atom. The number of hydrogen-bond acceptors (Lipinski definition) is 4. The minimum atomic E-state index is 0. The second-order valence-electron chi connectivity index (χ2n) is 7.84. The van der Waals surface area contributed by atoms with Crippen LogP contribution >= 0.6 is 24.0 Å². The number of morpholine rings is 1. The monoisotopic (exact) mass is 510 g/mol. The van der Waals surface area contributed by atoms with Crippen molar-refractivity contribution in [2.45, 2.75) is 77.4 Å². The third-order valence-corrected chi connectivity index (χ3v) is 5.55. The van der Waals surface area contributed by atoms with Gasteiger partial charge >= 0.3 is 0 Å². The summed E-state index contributed by atoms with van der Waals surface area (Å²) in [7, 11) is 0. The minimum Gasteiger partial charge on any atom is -0.379 e. The van der Waals surface area contributed by atoms with Crippen LogP contribution in [-0.4, -0.2) is 75.5 Å². The smallest absolute Gasteiger partial charge is 0.191 e. The summed E-state index contributed by atoms with van der Waals surface area (Å²) in [5.41, 5.74) is 0. The van der Waals surface area contributed by atoms with Gasteiger partial charge < -0.3 is 20.1 Å². The number of ether oxygens (including phenoxy) is 2. The van der Waals surface area contributed by atoms with E-state index in [4.69, 9.17) is 14.5 Å². The van der Waals surface area contributed by atoms with Gasteiger partial charge in [0.2, 0.25) is 0 Å². The Balaban J connectivity index is 0.00000392. The first-order chi connectivity index (χ1) is 13.3. The molecule has 0 aromatic rings. The van der Waals surface area contributed by atoms with Gasteiger partial charge in [-0.05, 0) is 46.0 Å². The fourth-order valence-electron chi connectivity index (χ4n) is 3.79. The Kier molecular flexibility index (Phi) is 15.4. The lowest BCUT2D eigenvalue weighted by molar-refractivity contribution is 0.0220. The van der Waals surface area contributed by atoms with Crippen LogP contribution in [0.2, 0.25) is 0 Å². The van der Waals surface area contributed by atoms with Crippen molar-refractivity contribution in [1.29, 1.82) is 0 Å². The first kappa shape index (κ1) is 25.9. The van der Waals surface area contributed by atoms with Crippen LogP contribution in [-0.2, 0) is 9.47 Å². The predicted octanol–water partition coefficient (Wildman–Crippen LogP) is 3.40. The van der Waals surface area contributed by atoms with Crippen LogP contribution in [0, 0.1) is 0 Å². The van der Waals surface area contributed by atoms with Crippen LogP contribution in [0.5, 0.6) is 0 Å². The summed E-state index contributed by atoms with van der Waals surface area (Å²) >= 11 is 0. The van der Waals surface area contributed by atoms with E-state index in [9.17, 15) is 0 Å². The number of nitrogens with one attached hydrogen (secondary N) is 2. The van der Waals surface area contributed by atoms with Crippen LogP contribution in [0.4, 0.5) is 0 Å². The summed E-state index contributed by atoms with van der Waals surface area (Å²) in [4.78, 5) is 7.23. The topological polar surface area (TPSA) is 58.1 Å². The van der Waals surface area contributed by atoms with Crippen molar-refractivity contribution < 1.29 is 9.47 Å². The van der Waals surface area contributed by atoms with Crippen LogP contribution in [0.15, 0.2) is 4.99 Å². The first-order valence-corrected chi connectivity index (χ1v) is 11.2. The summed E-state index contributed by atoms with van der Waals surface area (Å²) in [6, 6.07) is 0.460. The molecule has 1 aliphatic carbocycles. The fraction of sp³-hybridized carbons (Fsp3) is 0.952. The average Bonchev–Trinajstić information content (AvgIpc) is 2.72. The molecule has 0 spiro atoms. The first-order valence-electron chi connectivity index (χ1n) is 11.2. The lowest BCUT2D eigenvalue weighted by atomic mass is 9.98. The van der Waals surface area contributed by atoms with Gasteiger partial charge in [-0.1, -0.05) is 19.3 Å². The van der Waals surface area contributed by atoms with E-state index in [1.54, 1.807) is 0 Å². The van der Waals surface area contributed by atoms with Crippen molar-refractivity contribution in [2.75, 3.05) is 52.5 Å². The second-order valence-corrected chi connectivity index (χ2v) is 7.84. The molecule has 2 N–H and O–H groups in total. The van der Waals surface area contributed by atoms with Gasteiger partial charge in [-0.3, -0.25) is 9.89 Å². The highest BCUT2D eigenvalue weighted by Gasteiger charge is 2.16. The number of halogens is 1. The molecule has 166 valence electrons. The van der Waals surface area contributed by atoms with Gasteiger partial charge in [0.15, 0.2) is 5.96 Å². The largest absolute Gasteiger partial charge is 0.379 e. The van der Waals surface area contributed by atoms with Gasteiger partial charge in [-0.25, -0.2) is 0 Å². The van der Waals surface area contributed by atoms with Gasteiger partial charge in [0, 0.05) is 38.8 Å². The lowest BCUT2D eigenvalue weighted by Gasteiger charge is -2.31. The van der Waals surface area contributed by atoms with Crippen molar-refractivity contribution in [3.05, 3.63) is 0 Å². The quantitative estimate of drug-likeness (QED) is 0.193. The molecule has 2 fully saturated rings. The Morgan fingerprint density at radius 3 is 2.57 bits per heavy atom. The van der Waals surface area contributed by atoms with Gasteiger partial charge in [0.05, 0.1) is 25.9 Å². The normalized spacial score (nSPS) is 20.4. The molecular weight excluding hydrogens is 467 g/mol. The maximum Gasteiger partial charge on any atom is 0.191 e. The van der Waals surface area contributed by atoms with Crippen molar-refractivity contribution in [3.63, 3.8) is 0 Å². The molecule has 6 nitrogen and oxygen atoms in total. The third-order valence-electron chi connectivity index (χ3n) is 5.55. The molecular formula is C21H43IN4O2. The van der Waals surface area contributed by atoms with E-state index in [0.29, 0.717) is 12.1 Å². The van der Waals surface area contributed by atoms with Crippen LogP contribution < -0.4 is 10.6 Å². The van der Waals surface area contributed by atoms with E-state index >= 15 is 0 Å². The van der Waals surface area contributed by atoms with Gasteiger partial charge in [0.25, 0.3) is 0 Å². The van der Waals surface area contributed by atoms with Gasteiger partial charge in [-0.2, -0.15) is 0 Å². The summed E-state index contributed by atoms with van der Waals surface area (Å²) in [6.45, 7) is 11.7. The van der Waals surface area contributed by atoms with Crippen molar-refractivity contribution >= 4 is 29.9 Å².